The lowest BCUT2D eigenvalue weighted by molar-refractivity contribution is -0.398. The Balaban J connectivity index is 1.73. The van der Waals surface area contributed by atoms with Crippen LogP contribution in [-0.4, -0.2) is 16.1 Å². The molecule has 0 N–H and O–H groups in total. The van der Waals surface area contributed by atoms with Crippen molar-refractivity contribution in [2.45, 2.75) is 6.92 Å². The Morgan fingerprint density at radius 3 is 2.67 bits per heavy atom. The quantitative estimate of drug-likeness (QED) is 0.225. The number of oxazole rings is 1. The number of rotatable bonds is 4. The van der Waals surface area contributed by atoms with Gasteiger partial charge in [-0.1, -0.05) is 29.3 Å². The van der Waals surface area contributed by atoms with E-state index in [-0.39, 0.29) is 10.6 Å². The normalized spacial score (nSPS) is 11.4. The minimum Gasteiger partial charge on any atom is -0.867 e. The summed E-state index contributed by atoms with van der Waals surface area (Å²) in [6, 6.07) is 12.9. The Kier molecular flexibility index (Phi) is 5.15. The van der Waals surface area contributed by atoms with Crippen molar-refractivity contribution in [3.05, 3.63) is 79.8 Å². The maximum Gasteiger partial charge on any atom is 0.263 e. The molecule has 0 atom stereocenters. The van der Waals surface area contributed by atoms with Crippen molar-refractivity contribution in [2.75, 3.05) is 0 Å². The number of hydrogen-bond acceptors (Lipinski definition) is 6. The van der Waals surface area contributed by atoms with Crippen LogP contribution in [0.1, 0.15) is 11.1 Å². The predicted molar refractivity (Wildman–Crippen MR) is 114 cm³/mol. The van der Waals surface area contributed by atoms with Gasteiger partial charge in [-0.2, -0.15) is 0 Å². The number of benzene rings is 3. The third kappa shape index (κ3) is 3.85. The van der Waals surface area contributed by atoms with Crippen LogP contribution in [0.5, 0.6) is 5.75 Å². The molecule has 0 saturated carbocycles. The molecular weight excluding hydrogens is 429 g/mol. The lowest BCUT2D eigenvalue weighted by Crippen LogP contribution is -2.02. The lowest BCUT2D eigenvalue weighted by Gasteiger charge is -2.11. The number of nitro benzene ring substituents is 1. The number of aliphatic imine (C=N–C) groups is 1. The molecule has 4 rings (SSSR count). The van der Waals surface area contributed by atoms with Crippen LogP contribution in [0.2, 0.25) is 10.0 Å². The first kappa shape index (κ1) is 19.9. The summed E-state index contributed by atoms with van der Waals surface area (Å²) in [4.78, 5) is 19.0. The van der Waals surface area contributed by atoms with Crippen LogP contribution in [0.25, 0.3) is 22.6 Å². The van der Waals surface area contributed by atoms with E-state index in [2.05, 4.69) is 9.98 Å². The third-order valence-electron chi connectivity index (χ3n) is 4.41. The van der Waals surface area contributed by atoms with E-state index < -0.39 is 16.4 Å². The van der Waals surface area contributed by atoms with Crippen molar-refractivity contribution in [3.63, 3.8) is 0 Å². The molecule has 1 aromatic heterocycles. The smallest absolute Gasteiger partial charge is 0.263 e. The first-order valence-corrected chi connectivity index (χ1v) is 9.43. The summed E-state index contributed by atoms with van der Waals surface area (Å²) in [5.41, 5.74) is 2.72. The van der Waals surface area contributed by atoms with Crippen LogP contribution < -0.4 is 5.11 Å². The highest BCUT2D eigenvalue weighted by Crippen LogP contribution is 2.32. The molecular formula is C21H12Cl2N3O4-. The van der Waals surface area contributed by atoms with Crippen LogP contribution in [0, 0.1) is 17.0 Å². The molecule has 4 aromatic rings. The fraction of sp³-hybridized carbons (Fsp3) is 0.0476. The van der Waals surface area contributed by atoms with Crippen molar-refractivity contribution >= 4 is 51.9 Å². The SMILES string of the molecule is Cc1ccc(-c2nc3cc(Cl)ccc3o2)cc1N=Cc1cc(Cl)cc([N+](=O)[O-])c1[O-]. The summed E-state index contributed by atoms with van der Waals surface area (Å²) in [6.07, 6.45) is 1.26. The maximum absolute atomic E-state index is 12.3. The highest BCUT2D eigenvalue weighted by atomic mass is 35.5. The first-order valence-electron chi connectivity index (χ1n) is 8.68. The van der Waals surface area contributed by atoms with E-state index in [4.69, 9.17) is 27.6 Å². The summed E-state index contributed by atoms with van der Waals surface area (Å²) in [5, 5.41) is 23.9. The van der Waals surface area contributed by atoms with Crippen molar-refractivity contribution in [3.8, 4) is 17.2 Å². The van der Waals surface area contributed by atoms with Crippen molar-refractivity contribution < 1.29 is 14.4 Å². The standard InChI is InChI=1S/C21H13Cl2N3O4/c1-11-2-3-12(21-25-17-8-14(22)4-5-19(17)30-21)7-16(11)24-10-13-6-15(23)9-18(20(13)27)26(28)29/h2-10,27H,1H3/p-1. The van der Waals surface area contributed by atoms with Gasteiger partial charge in [0, 0.05) is 27.9 Å². The molecule has 0 aliphatic rings. The van der Waals surface area contributed by atoms with Gasteiger partial charge >= 0.3 is 0 Å². The second-order valence-electron chi connectivity index (χ2n) is 6.49. The van der Waals surface area contributed by atoms with E-state index in [9.17, 15) is 15.2 Å². The molecule has 3 aromatic carbocycles. The Labute approximate surface area is 180 Å². The van der Waals surface area contributed by atoms with Gasteiger partial charge in [-0.15, -0.1) is 0 Å². The summed E-state index contributed by atoms with van der Waals surface area (Å²) in [7, 11) is 0. The van der Waals surface area contributed by atoms with Crippen molar-refractivity contribution in [1.82, 2.24) is 4.98 Å². The third-order valence-corrected chi connectivity index (χ3v) is 4.86. The molecule has 0 fully saturated rings. The summed E-state index contributed by atoms with van der Waals surface area (Å²) in [6.45, 7) is 1.85. The number of fused-ring (bicyclic) bond motifs is 1. The molecule has 0 spiro atoms. The maximum atomic E-state index is 12.3. The fourth-order valence-electron chi connectivity index (χ4n) is 2.88. The molecule has 0 unspecified atom stereocenters. The van der Waals surface area contributed by atoms with Crippen LogP contribution >= 0.6 is 23.2 Å². The molecule has 7 nitrogen and oxygen atoms in total. The second-order valence-corrected chi connectivity index (χ2v) is 7.36. The van der Waals surface area contributed by atoms with E-state index in [1.54, 1.807) is 24.3 Å². The van der Waals surface area contributed by atoms with E-state index in [1.165, 1.54) is 12.3 Å². The second kappa shape index (κ2) is 7.78. The van der Waals surface area contributed by atoms with Gasteiger partial charge in [-0.25, -0.2) is 4.98 Å². The number of nitrogens with zero attached hydrogens (tertiary/aromatic N) is 3. The van der Waals surface area contributed by atoms with Crippen LogP contribution in [0.3, 0.4) is 0 Å². The molecule has 0 radical (unpaired) electrons. The molecule has 0 aliphatic heterocycles. The number of aromatic nitrogens is 1. The van der Waals surface area contributed by atoms with Crippen LogP contribution in [0.15, 0.2) is 57.9 Å². The fourth-order valence-corrected chi connectivity index (χ4v) is 3.26. The highest BCUT2D eigenvalue weighted by molar-refractivity contribution is 6.31. The van der Waals surface area contributed by atoms with Crippen molar-refractivity contribution in [2.24, 2.45) is 4.99 Å². The van der Waals surface area contributed by atoms with E-state index in [0.29, 0.717) is 33.3 Å². The topological polar surface area (TPSA) is 105 Å². The number of halogens is 2. The first-order chi connectivity index (χ1) is 14.3. The van der Waals surface area contributed by atoms with Gasteiger partial charge in [-0.3, -0.25) is 15.1 Å². The Hall–Kier alpha value is -3.42. The number of hydrogen-bond donors (Lipinski definition) is 0. The Morgan fingerprint density at radius 2 is 1.90 bits per heavy atom. The monoisotopic (exact) mass is 440 g/mol. The van der Waals surface area contributed by atoms with E-state index in [1.807, 2.05) is 19.1 Å². The van der Waals surface area contributed by atoms with Gasteiger partial charge in [0.2, 0.25) is 5.89 Å². The molecule has 0 bridgehead atoms. The Morgan fingerprint density at radius 1 is 1.10 bits per heavy atom. The Bertz CT molecular complexity index is 1330. The average Bonchev–Trinajstić information content (AvgIpc) is 3.12. The van der Waals surface area contributed by atoms with Gasteiger partial charge in [0.15, 0.2) is 5.58 Å². The van der Waals surface area contributed by atoms with Gasteiger partial charge in [0.1, 0.15) is 5.52 Å². The zero-order valence-electron chi connectivity index (χ0n) is 15.4. The molecule has 0 amide bonds. The van der Waals surface area contributed by atoms with E-state index in [0.717, 1.165) is 11.6 Å². The van der Waals surface area contributed by atoms with Crippen molar-refractivity contribution in [1.29, 1.82) is 0 Å². The molecule has 9 heteroatoms. The van der Waals surface area contributed by atoms with Gasteiger partial charge in [0.25, 0.3) is 5.69 Å². The van der Waals surface area contributed by atoms with Gasteiger partial charge in [0.05, 0.1) is 10.6 Å². The molecule has 150 valence electrons. The van der Waals surface area contributed by atoms with Crippen LogP contribution in [0.4, 0.5) is 11.4 Å². The summed E-state index contributed by atoms with van der Waals surface area (Å²) < 4.78 is 5.78. The summed E-state index contributed by atoms with van der Waals surface area (Å²) >= 11 is 11.9. The molecule has 0 aliphatic carbocycles. The molecule has 0 saturated heterocycles. The molecule has 30 heavy (non-hydrogen) atoms. The number of nitro groups is 1. The van der Waals surface area contributed by atoms with Crippen LogP contribution in [-0.2, 0) is 0 Å². The number of aryl methyl sites for hydroxylation is 1. The average molecular weight is 441 g/mol. The lowest BCUT2D eigenvalue weighted by atomic mass is 10.1. The predicted octanol–water partition coefficient (Wildman–Crippen LogP) is 5.84. The van der Waals surface area contributed by atoms with E-state index >= 15 is 0 Å². The summed E-state index contributed by atoms with van der Waals surface area (Å²) in [5.74, 6) is -0.357. The highest BCUT2D eigenvalue weighted by Gasteiger charge is 2.12. The zero-order valence-corrected chi connectivity index (χ0v) is 16.9. The molecule has 1 heterocycles. The van der Waals surface area contributed by atoms with Gasteiger partial charge in [-0.05, 0) is 60.2 Å². The minimum absolute atomic E-state index is 0.0236. The van der Waals surface area contributed by atoms with Gasteiger partial charge < -0.3 is 9.52 Å². The minimum atomic E-state index is -0.767. The zero-order chi connectivity index (χ0) is 21.4. The largest absolute Gasteiger partial charge is 0.867 e.